The maximum absolute atomic E-state index is 13.7. The lowest BCUT2D eigenvalue weighted by Crippen LogP contribution is -2.36. The Labute approximate surface area is 271 Å². The number of fused-ring (bicyclic) bond motifs is 1. The van der Waals surface area contributed by atoms with E-state index in [0.29, 0.717) is 49.0 Å². The van der Waals surface area contributed by atoms with Crippen LogP contribution in [0.3, 0.4) is 0 Å². The summed E-state index contributed by atoms with van der Waals surface area (Å²) >= 11 is 0. The standard InChI is InChI=1S/C31H38N6O4S.2ClH/c1-4-41-30(38)16-11-19-36-28-18-17-25(37(21-20-35(2)3)42(39,40)26-14-9-6-10-15-26)22-27(28)34-29(36)23-33-31(32)24-12-7-5-8-13-24;;/h5-10,12-15,17-18,22H,4,11,16,19-21,23H2,1-3H3,(H2,32,33);2*1H. The first-order chi connectivity index (χ1) is 20.2. The number of halogens is 2. The highest BCUT2D eigenvalue weighted by molar-refractivity contribution is 7.92. The van der Waals surface area contributed by atoms with Gasteiger partial charge in [0.2, 0.25) is 0 Å². The van der Waals surface area contributed by atoms with Crippen LogP contribution in [0.25, 0.3) is 11.0 Å². The van der Waals surface area contributed by atoms with Gasteiger partial charge in [0.15, 0.2) is 0 Å². The van der Waals surface area contributed by atoms with E-state index in [1.54, 1.807) is 49.4 Å². The van der Waals surface area contributed by atoms with Crippen molar-refractivity contribution in [1.29, 1.82) is 0 Å². The van der Waals surface area contributed by atoms with E-state index in [4.69, 9.17) is 15.5 Å². The number of aryl methyl sites for hydroxylation is 1. The highest BCUT2D eigenvalue weighted by atomic mass is 35.5. The average Bonchev–Trinajstić information content (AvgIpc) is 3.33. The molecule has 0 saturated carbocycles. The third-order valence-corrected chi connectivity index (χ3v) is 8.55. The van der Waals surface area contributed by atoms with E-state index in [1.165, 1.54) is 4.31 Å². The summed E-state index contributed by atoms with van der Waals surface area (Å²) in [5, 5.41) is 0. The molecular formula is C31H40Cl2N6O4S. The summed E-state index contributed by atoms with van der Waals surface area (Å²) in [4.78, 5) is 23.6. The maximum Gasteiger partial charge on any atom is 0.305 e. The first kappa shape index (κ1) is 36.6. The lowest BCUT2D eigenvalue weighted by Gasteiger charge is -2.26. The number of imidazole rings is 1. The van der Waals surface area contributed by atoms with Gasteiger partial charge in [0.05, 0.1) is 34.8 Å². The molecule has 0 radical (unpaired) electrons. The number of esters is 1. The SMILES string of the molecule is CCOC(=O)CCCn1c(CN=C(N)c2ccccc2)nc2cc(N(CCN(C)C)S(=O)(=O)c3ccccc3)ccc21.Cl.Cl. The first-order valence-corrected chi connectivity index (χ1v) is 15.4. The van der Waals surface area contributed by atoms with E-state index in [9.17, 15) is 13.2 Å². The van der Waals surface area contributed by atoms with Crippen molar-refractivity contribution in [2.45, 2.75) is 37.8 Å². The van der Waals surface area contributed by atoms with Gasteiger partial charge in [0, 0.05) is 31.6 Å². The monoisotopic (exact) mass is 662 g/mol. The van der Waals surface area contributed by atoms with Gasteiger partial charge in [-0.25, -0.2) is 13.4 Å². The minimum absolute atomic E-state index is 0. The largest absolute Gasteiger partial charge is 0.466 e. The van der Waals surface area contributed by atoms with Gasteiger partial charge >= 0.3 is 5.97 Å². The number of anilines is 1. The quantitative estimate of drug-likeness (QED) is 0.116. The molecular weight excluding hydrogens is 623 g/mol. The second-order valence-corrected chi connectivity index (χ2v) is 11.9. The molecule has 3 aromatic carbocycles. The summed E-state index contributed by atoms with van der Waals surface area (Å²) in [5.74, 6) is 0.806. The van der Waals surface area contributed by atoms with Crippen molar-refractivity contribution in [1.82, 2.24) is 14.5 Å². The molecule has 0 saturated heterocycles. The number of rotatable bonds is 14. The van der Waals surface area contributed by atoms with E-state index < -0.39 is 10.0 Å². The fraction of sp³-hybridized carbons (Fsp3) is 0.323. The molecule has 13 heteroatoms. The number of sulfonamides is 1. The zero-order chi connectivity index (χ0) is 30.1. The van der Waals surface area contributed by atoms with Crippen molar-refractivity contribution in [2.75, 3.05) is 38.1 Å². The van der Waals surface area contributed by atoms with Gasteiger partial charge in [-0.2, -0.15) is 0 Å². The van der Waals surface area contributed by atoms with E-state index in [1.807, 2.05) is 60.0 Å². The molecule has 0 bridgehead atoms. The van der Waals surface area contributed by atoms with Crippen LogP contribution in [-0.4, -0.2) is 68.5 Å². The maximum atomic E-state index is 13.7. The highest BCUT2D eigenvalue weighted by Crippen LogP contribution is 2.28. The van der Waals surface area contributed by atoms with Gasteiger partial charge < -0.3 is 19.9 Å². The Morgan fingerprint density at radius 2 is 1.64 bits per heavy atom. The van der Waals surface area contributed by atoms with Crippen LogP contribution in [0.5, 0.6) is 0 Å². The lowest BCUT2D eigenvalue weighted by atomic mass is 10.2. The molecule has 0 aliphatic heterocycles. The first-order valence-electron chi connectivity index (χ1n) is 13.9. The lowest BCUT2D eigenvalue weighted by molar-refractivity contribution is -0.143. The number of nitrogens with zero attached hydrogens (tertiary/aromatic N) is 5. The molecule has 1 aromatic heterocycles. The molecule has 238 valence electrons. The van der Waals surface area contributed by atoms with Crippen LogP contribution in [0.4, 0.5) is 5.69 Å². The molecule has 0 amide bonds. The molecule has 4 aromatic rings. The van der Waals surface area contributed by atoms with Crippen LogP contribution < -0.4 is 10.0 Å². The molecule has 0 unspecified atom stereocenters. The number of carbonyl (C=O) groups is 1. The minimum atomic E-state index is -3.82. The van der Waals surface area contributed by atoms with Gasteiger partial charge in [0.25, 0.3) is 10.0 Å². The summed E-state index contributed by atoms with van der Waals surface area (Å²) in [7, 11) is -0.0104. The molecule has 4 rings (SSSR count). The number of aromatic nitrogens is 2. The smallest absolute Gasteiger partial charge is 0.305 e. The van der Waals surface area contributed by atoms with Crippen molar-refractivity contribution in [2.24, 2.45) is 10.7 Å². The number of aliphatic imine (C=N–C) groups is 1. The number of likely N-dealkylation sites (N-methyl/N-ethyl adjacent to an activating group) is 1. The normalized spacial score (nSPS) is 11.6. The highest BCUT2D eigenvalue weighted by Gasteiger charge is 2.26. The number of benzene rings is 3. The van der Waals surface area contributed by atoms with Crippen LogP contribution >= 0.6 is 24.8 Å². The molecule has 44 heavy (non-hydrogen) atoms. The Hall–Kier alpha value is -3.64. The predicted molar refractivity (Wildman–Crippen MR) is 180 cm³/mol. The second-order valence-electron chi connectivity index (χ2n) is 10.0. The van der Waals surface area contributed by atoms with Crippen molar-refractivity contribution in [3.8, 4) is 0 Å². The zero-order valence-corrected chi connectivity index (χ0v) is 27.6. The topological polar surface area (TPSA) is 123 Å². The van der Waals surface area contributed by atoms with Gasteiger partial charge in [0.1, 0.15) is 11.7 Å². The van der Waals surface area contributed by atoms with Gasteiger partial charge in [-0.3, -0.25) is 14.1 Å². The van der Waals surface area contributed by atoms with Crippen LogP contribution in [-0.2, 0) is 32.6 Å². The Balaban J connectivity index is 0.00000337. The Morgan fingerprint density at radius 3 is 2.27 bits per heavy atom. The number of carbonyl (C=O) groups excluding carboxylic acids is 1. The van der Waals surface area contributed by atoms with Crippen LogP contribution in [0, 0.1) is 0 Å². The molecule has 0 aliphatic rings. The number of ether oxygens (including phenoxy) is 1. The third kappa shape index (κ3) is 9.18. The van der Waals surface area contributed by atoms with Gasteiger partial charge in [-0.1, -0.05) is 48.5 Å². The van der Waals surface area contributed by atoms with Gasteiger partial charge in [-0.05, 0) is 57.8 Å². The molecule has 0 atom stereocenters. The molecule has 10 nitrogen and oxygen atoms in total. The van der Waals surface area contributed by atoms with Crippen molar-refractivity contribution in [3.63, 3.8) is 0 Å². The van der Waals surface area contributed by atoms with E-state index in [-0.39, 0.29) is 55.2 Å². The summed E-state index contributed by atoms with van der Waals surface area (Å²) in [5.41, 5.74) is 9.03. The van der Waals surface area contributed by atoms with Crippen LogP contribution in [0.15, 0.2) is 88.8 Å². The average molecular weight is 664 g/mol. The van der Waals surface area contributed by atoms with E-state index >= 15 is 0 Å². The molecule has 1 heterocycles. The fourth-order valence-electron chi connectivity index (χ4n) is 4.56. The Morgan fingerprint density at radius 1 is 0.977 bits per heavy atom. The van der Waals surface area contributed by atoms with E-state index in [0.717, 1.165) is 11.1 Å². The molecule has 0 fully saturated rings. The Bertz CT molecular complexity index is 1630. The van der Waals surface area contributed by atoms with Crippen molar-refractivity contribution in [3.05, 3.63) is 90.3 Å². The Kier molecular flexibility index (Phi) is 14.1. The number of hydrogen-bond acceptors (Lipinski definition) is 7. The second kappa shape index (κ2) is 17.0. The molecule has 0 spiro atoms. The zero-order valence-electron chi connectivity index (χ0n) is 25.1. The van der Waals surface area contributed by atoms with Crippen LogP contribution in [0.2, 0.25) is 0 Å². The summed E-state index contributed by atoms with van der Waals surface area (Å²) < 4.78 is 36.0. The van der Waals surface area contributed by atoms with E-state index in [2.05, 4.69) is 4.99 Å². The fourth-order valence-corrected chi connectivity index (χ4v) is 6.03. The predicted octanol–water partition coefficient (Wildman–Crippen LogP) is 4.89. The molecule has 2 N–H and O–H groups in total. The minimum Gasteiger partial charge on any atom is -0.466 e. The van der Waals surface area contributed by atoms with Crippen LogP contribution in [0.1, 0.15) is 31.2 Å². The molecule has 0 aliphatic carbocycles. The number of hydrogen-bond donors (Lipinski definition) is 1. The number of amidine groups is 1. The van der Waals surface area contributed by atoms with Crippen molar-refractivity contribution >= 4 is 63.4 Å². The van der Waals surface area contributed by atoms with Crippen molar-refractivity contribution < 1.29 is 17.9 Å². The number of nitrogens with two attached hydrogens (primary N) is 1. The summed E-state index contributed by atoms with van der Waals surface area (Å²) in [6, 6.07) is 23.4. The third-order valence-electron chi connectivity index (χ3n) is 6.71. The summed E-state index contributed by atoms with van der Waals surface area (Å²) in [6.45, 7) is 3.65. The van der Waals surface area contributed by atoms with Gasteiger partial charge in [-0.15, -0.1) is 24.8 Å². The summed E-state index contributed by atoms with van der Waals surface area (Å²) in [6.07, 6.45) is 0.822.